The molecule has 0 radical (unpaired) electrons. The Morgan fingerprint density at radius 3 is 2.09 bits per heavy atom. The van der Waals surface area contributed by atoms with Gasteiger partial charge in [0.2, 0.25) is 0 Å². The van der Waals surface area contributed by atoms with Crippen LogP contribution in [0.4, 0.5) is 4.79 Å². The molecule has 0 heterocycles. The second kappa shape index (κ2) is 8.73. The standard InChI is InChI=1S/C17H31NO4/c18-17(21)22-14(11-12-7-3-1-4-8-12)16(20)15(19)13-9-5-2-6-10-13/h12-16,19-20H,1-11H2,(H2,18,21)/t14-,15-,16+/m0/s1. The minimum Gasteiger partial charge on any atom is -0.444 e. The average molecular weight is 313 g/mol. The van der Waals surface area contributed by atoms with E-state index in [0.717, 1.165) is 38.5 Å². The van der Waals surface area contributed by atoms with Crippen molar-refractivity contribution in [2.75, 3.05) is 0 Å². The van der Waals surface area contributed by atoms with Crippen LogP contribution in [0.2, 0.25) is 0 Å². The number of ether oxygens (including phenoxy) is 1. The first kappa shape index (κ1) is 17.5. The van der Waals surface area contributed by atoms with Crippen molar-refractivity contribution in [3.63, 3.8) is 0 Å². The molecule has 2 rings (SSSR count). The summed E-state index contributed by atoms with van der Waals surface area (Å²) in [5.74, 6) is 0.556. The lowest BCUT2D eigenvalue weighted by Crippen LogP contribution is -2.46. The zero-order valence-corrected chi connectivity index (χ0v) is 13.5. The lowest BCUT2D eigenvalue weighted by atomic mass is 9.79. The highest BCUT2D eigenvalue weighted by Gasteiger charge is 2.36. The largest absolute Gasteiger partial charge is 0.444 e. The van der Waals surface area contributed by atoms with Gasteiger partial charge < -0.3 is 20.7 Å². The van der Waals surface area contributed by atoms with Gasteiger partial charge in [-0.1, -0.05) is 51.4 Å². The first-order valence-corrected chi connectivity index (χ1v) is 8.90. The summed E-state index contributed by atoms with van der Waals surface area (Å²) in [5, 5.41) is 21.0. The summed E-state index contributed by atoms with van der Waals surface area (Å²) in [7, 11) is 0. The minimum atomic E-state index is -1.03. The Morgan fingerprint density at radius 2 is 1.55 bits per heavy atom. The van der Waals surface area contributed by atoms with Crippen LogP contribution in [0.5, 0.6) is 0 Å². The monoisotopic (exact) mass is 313 g/mol. The van der Waals surface area contributed by atoms with Crippen molar-refractivity contribution in [3.05, 3.63) is 0 Å². The number of amides is 1. The molecule has 2 aliphatic rings. The Kier molecular flexibility index (Phi) is 6.96. The molecule has 5 heteroatoms. The van der Waals surface area contributed by atoms with Crippen molar-refractivity contribution in [3.8, 4) is 0 Å². The van der Waals surface area contributed by atoms with E-state index in [0.29, 0.717) is 12.3 Å². The Bertz CT molecular complexity index is 338. The van der Waals surface area contributed by atoms with Crippen molar-refractivity contribution >= 4 is 6.09 Å². The summed E-state index contributed by atoms with van der Waals surface area (Å²) in [5.41, 5.74) is 5.16. The summed E-state index contributed by atoms with van der Waals surface area (Å²) in [6, 6.07) is 0. The Morgan fingerprint density at radius 1 is 1.00 bits per heavy atom. The van der Waals surface area contributed by atoms with Gasteiger partial charge in [0.25, 0.3) is 0 Å². The van der Waals surface area contributed by atoms with Crippen molar-refractivity contribution in [1.82, 2.24) is 0 Å². The van der Waals surface area contributed by atoms with Crippen molar-refractivity contribution in [2.24, 2.45) is 17.6 Å². The number of carbonyl (C=O) groups excluding carboxylic acids is 1. The molecule has 0 saturated heterocycles. The normalized spacial score (nSPS) is 25.4. The van der Waals surface area contributed by atoms with E-state index in [1.54, 1.807) is 0 Å². The number of nitrogens with two attached hydrogens (primary N) is 1. The van der Waals surface area contributed by atoms with Gasteiger partial charge in [0.05, 0.1) is 6.10 Å². The maximum Gasteiger partial charge on any atom is 0.404 e. The molecule has 0 aromatic heterocycles. The van der Waals surface area contributed by atoms with Crippen molar-refractivity contribution in [1.29, 1.82) is 0 Å². The van der Waals surface area contributed by atoms with E-state index in [-0.39, 0.29) is 5.92 Å². The molecule has 2 aliphatic carbocycles. The van der Waals surface area contributed by atoms with Crippen LogP contribution >= 0.6 is 0 Å². The van der Waals surface area contributed by atoms with E-state index >= 15 is 0 Å². The average Bonchev–Trinajstić information content (AvgIpc) is 2.54. The van der Waals surface area contributed by atoms with E-state index in [1.807, 2.05) is 0 Å². The van der Waals surface area contributed by atoms with E-state index in [4.69, 9.17) is 10.5 Å². The van der Waals surface area contributed by atoms with Crippen LogP contribution < -0.4 is 5.73 Å². The summed E-state index contributed by atoms with van der Waals surface area (Å²) < 4.78 is 5.16. The van der Waals surface area contributed by atoms with Gasteiger partial charge >= 0.3 is 6.09 Å². The number of aliphatic hydroxyl groups excluding tert-OH is 2. The molecule has 0 bridgehead atoms. The molecule has 0 aliphatic heterocycles. The molecule has 1 amide bonds. The van der Waals surface area contributed by atoms with Gasteiger partial charge in [-0.05, 0) is 31.1 Å². The number of hydrogen-bond donors (Lipinski definition) is 3. The third kappa shape index (κ3) is 5.13. The lowest BCUT2D eigenvalue weighted by Gasteiger charge is -2.35. The highest BCUT2D eigenvalue weighted by molar-refractivity contribution is 5.64. The van der Waals surface area contributed by atoms with Crippen LogP contribution in [0.1, 0.15) is 70.6 Å². The molecule has 4 N–H and O–H groups in total. The van der Waals surface area contributed by atoms with Gasteiger partial charge in [0, 0.05) is 0 Å². The highest BCUT2D eigenvalue weighted by atomic mass is 16.6. The number of hydrogen-bond acceptors (Lipinski definition) is 4. The zero-order valence-electron chi connectivity index (χ0n) is 13.5. The summed E-state index contributed by atoms with van der Waals surface area (Å²) in [6.07, 6.45) is 8.30. The molecular weight excluding hydrogens is 282 g/mol. The summed E-state index contributed by atoms with van der Waals surface area (Å²) in [4.78, 5) is 11.2. The molecule has 3 atom stereocenters. The molecule has 128 valence electrons. The first-order chi connectivity index (χ1) is 10.6. The molecule has 0 aromatic carbocycles. The van der Waals surface area contributed by atoms with E-state index < -0.39 is 24.4 Å². The molecule has 0 unspecified atom stereocenters. The third-order valence-corrected chi connectivity index (χ3v) is 5.42. The van der Waals surface area contributed by atoms with Crippen LogP contribution in [-0.4, -0.2) is 34.6 Å². The van der Waals surface area contributed by atoms with Crippen LogP contribution in [0.15, 0.2) is 0 Å². The fourth-order valence-electron chi connectivity index (χ4n) is 4.13. The maximum absolute atomic E-state index is 11.2. The molecule has 0 spiro atoms. The van der Waals surface area contributed by atoms with Crippen LogP contribution in [0.3, 0.4) is 0 Å². The number of rotatable bonds is 6. The van der Waals surface area contributed by atoms with E-state index in [2.05, 4.69) is 0 Å². The molecule has 0 aromatic rings. The topological polar surface area (TPSA) is 92.8 Å². The van der Waals surface area contributed by atoms with Gasteiger partial charge in [0.15, 0.2) is 0 Å². The second-order valence-corrected chi connectivity index (χ2v) is 7.09. The predicted octanol–water partition coefficient (Wildman–Crippen LogP) is 2.72. The fourth-order valence-corrected chi connectivity index (χ4v) is 4.13. The molecule has 5 nitrogen and oxygen atoms in total. The van der Waals surface area contributed by atoms with Gasteiger partial charge in [-0.2, -0.15) is 0 Å². The number of carbonyl (C=O) groups is 1. The second-order valence-electron chi connectivity index (χ2n) is 7.09. The number of aliphatic hydroxyl groups is 2. The lowest BCUT2D eigenvalue weighted by molar-refractivity contribution is -0.0944. The Labute approximate surface area is 133 Å². The zero-order chi connectivity index (χ0) is 15.9. The van der Waals surface area contributed by atoms with E-state index in [9.17, 15) is 15.0 Å². The summed E-state index contributed by atoms with van der Waals surface area (Å²) >= 11 is 0. The first-order valence-electron chi connectivity index (χ1n) is 8.90. The van der Waals surface area contributed by atoms with Crippen LogP contribution in [0.25, 0.3) is 0 Å². The molecule has 22 heavy (non-hydrogen) atoms. The number of primary amides is 1. The quantitative estimate of drug-likeness (QED) is 0.703. The fraction of sp³-hybridized carbons (Fsp3) is 0.941. The SMILES string of the molecule is NC(=O)O[C@@H](CC1CCCCC1)[C@@H](O)[C@@H](O)C1CCCCC1. The van der Waals surface area contributed by atoms with Gasteiger partial charge in [-0.3, -0.25) is 0 Å². The van der Waals surface area contributed by atoms with Gasteiger partial charge in [-0.15, -0.1) is 0 Å². The smallest absolute Gasteiger partial charge is 0.404 e. The summed E-state index contributed by atoms with van der Waals surface area (Å²) in [6.45, 7) is 0. The molecular formula is C17H31NO4. The Hall–Kier alpha value is -0.810. The van der Waals surface area contributed by atoms with E-state index in [1.165, 1.54) is 25.7 Å². The molecule has 2 fully saturated rings. The third-order valence-electron chi connectivity index (χ3n) is 5.42. The maximum atomic E-state index is 11.2. The minimum absolute atomic E-state index is 0.106. The predicted molar refractivity (Wildman–Crippen MR) is 84.2 cm³/mol. The Balaban J connectivity index is 1.94. The van der Waals surface area contributed by atoms with Gasteiger partial charge in [-0.25, -0.2) is 4.79 Å². The van der Waals surface area contributed by atoms with Gasteiger partial charge in [0.1, 0.15) is 12.2 Å². The molecule has 2 saturated carbocycles. The van der Waals surface area contributed by atoms with Crippen molar-refractivity contribution in [2.45, 2.75) is 88.9 Å². The highest BCUT2D eigenvalue weighted by Crippen LogP contribution is 2.32. The van der Waals surface area contributed by atoms with Crippen LogP contribution in [0, 0.1) is 11.8 Å². The van der Waals surface area contributed by atoms with Crippen molar-refractivity contribution < 1.29 is 19.7 Å². The van der Waals surface area contributed by atoms with Crippen LogP contribution in [-0.2, 0) is 4.74 Å².